The predicted octanol–water partition coefficient (Wildman–Crippen LogP) is 3.12. The fourth-order valence-corrected chi connectivity index (χ4v) is 4.05. The maximum absolute atomic E-state index is 5.03. The Morgan fingerprint density at radius 2 is 1.70 bits per heavy atom. The van der Waals surface area contributed by atoms with Crippen molar-refractivity contribution in [3.63, 3.8) is 0 Å². The van der Waals surface area contributed by atoms with Crippen molar-refractivity contribution in [1.82, 2.24) is 15.5 Å². The lowest BCUT2D eigenvalue weighted by Crippen LogP contribution is -2.58. The van der Waals surface area contributed by atoms with Crippen molar-refractivity contribution < 1.29 is 0 Å². The Balaban J connectivity index is 1.60. The lowest BCUT2D eigenvalue weighted by Gasteiger charge is -2.43. The van der Waals surface area contributed by atoms with Crippen LogP contribution in [-0.4, -0.2) is 43.5 Å². The maximum Gasteiger partial charge on any atom is 0.128 e. The van der Waals surface area contributed by atoms with Gasteiger partial charge in [0, 0.05) is 13.1 Å². The van der Waals surface area contributed by atoms with E-state index in [0.717, 1.165) is 56.2 Å². The summed E-state index contributed by atoms with van der Waals surface area (Å²) in [6.07, 6.45) is 2.07. The molecular weight excluding hydrogens is 334 g/mol. The predicted molar refractivity (Wildman–Crippen MR) is 113 cm³/mol. The van der Waals surface area contributed by atoms with Gasteiger partial charge in [0.1, 0.15) is 5.84 Å². The molecule has 2 aliphatic heterocycles. The lowest BCUT2D eigenvalue weighted by molar-refractivity contribution is 0.400. The summed E-state index contributed by atoms with van der Waals surface area (Å²) in [4.78, 5) is 7.24. The molecule has 5 heteroatoms. The van der Waals surface area contributed by atoms with Gasteiger partial charge in [-0.2, -0.15) is 0 Å². The minimum atomic E-state index is -0.101. The van der Waals surface area contributed by atoms with E-state index in [-0.39, 0.29) is 5.54 Å². The van der Waals surface area contributed by atoms with Crippen molar-refractivity contribution >= 4 is 17.2 Å². The third-order valence-corrected chi connectivity index (χ3v) is 5.47. The van der Waals surface area contributed by atoms with Crippen molar-refractivity contribution in [2.24, 2.45) is 4.99 Å². The molecule has 4 rings (SSSR count). The number of nitrogens with one attached hydrogen (secondary N) is 3. The van der Waals surface area contributed by atoms with Crippen LogP contribution < -0.4 is 16.0 Å². The van der Waals surface area contributed by atoms with E-state index in [1.165, 1.54) is 11.1 Å². The molecular formula is C22H29N5. The quantitative estimate of drug-likeness (QED) is 0.781. The van der Waals surface area contributed by atoms with Crippen LogP contribution in [0.25, 0.3) is 0 Å². The highest BCUT2D eigenvalue weighted by Gasteiger charge is 2.40. The van der Waals surface area contributed by atoms with E-state index in [4.69, 9.17) is 4.99 Å². The van der Waals surface area contributed by atoms with Gasteiger partial charge in [-0.1, -0.05) is 36.4 Å². The molecule has 0 radical (unpaired) electrons. The largest absolute Gasteiger partial charge is 0.371 e. The number of amidine groups is 1. The number of para-hydroxylation sites is 2. The van der Waals surface area contributed by atoms with E-state index in [1.807, 2.05) is 0 Å². The number of anilines is 1. The van der Waals surface area contributed by atoms with Crippen LogP contribution in [0.2, 0.25) is 0 Å². The summed E-state index contributed by atoms with van der Waals surface area (Å²) in [5, 5.41) is 11.0. The second kappa shape index (κ2) is 7.71. The zero-order valence-corrected chi connectivity index (χ0v) is 16.3. The Morgan fingerprint density at radius 1 is 1.00 bits per heavy atom. The second-order valence-electron chi connectivity index (χ2n) is 7.79. The number of fused-ring (bicyclic) bond motifs is 1. The Labute approximate surface area is 161 Å². The van der Waals surface area contributed by atoms with E-state index in [9.17, 15) is 0 Å². The van der Waals surface area contributed by atoms with Crippen LogP contribution in [0.1, 0.15) is 24.0 Å². The smallest absolute Gasteiger partial charge is 0.128 e. The van der Waals surface area contributed by atoms with Crippen LogP contribution in [0.4, 0.5) is 11.4 Å². The lowest BCUT2D eigenvalue weighted by atomic mass is 9.85. The molecule has 142 valence electrons. The first-order valence-electron chi connectivity index (χ1n) is 9.79. The van der Waals surface area contributed by atoms with E-state index < -0.39 is 0 Å². The van der Waals surface area contributed by atoms with Crippen molar-refractivity contribution in [2.45, 2.75) is 31.5 Å². The molecule has 2 aromatic carbocycles. The second-order valence-corrected chi connectivity index (χ2v) is 7.79. The third-order valence-electron chi connectivity index (χ3n) is 5.47. The third kappa shape index (κ3) is 3.84. The SMILES string of the molecule is CN(C)Cc1ccccc1CNC1=Nc2ccccc2NC12CCNCC2. The van der Waals surface area contributed by atoms with Crippen LogP contribution in [0.15, 0.2) is 53.5 Å². The zero-order valence-electron chi connectivity index (χ0n) is 16.3. The maximum atomic E-state index is 5.03. The number of benzene rings is 2. The Morgan fingerprint density at radius 3 is 2.48 bits per heavy atom. The molecule has 0 amide bonds. The monoisotopic (exact) mass is 363 g/mol. The van der Waals surface area contributed by atoms with Crippen molar-refractivity contribution in [3.8, 4) is 0 Å². The first-order valence-corrected chi connectivity index (χ1v) is 9.79. The van der Waals surface area contributed by atoms with Crippen molar-refractivity contribution in [3.05, 3.63) is 59.7 Å². The van der Waals surface area contributed by atoms with Crippen LogP contribution in [0.5, 0.6) is 0 Å². The van der Waals surface area contributed by atoms with Crippen molar-refractivity contribution in [1.29, 1.82) is 0 Å². The molecule has 2 aromatic rings. The summed E-state index contributed by atoms with van der Waals surface area (Å²) in [5.74, 6) is 1.07. The van der Waals surface area contributed by atoms with Gasteiger partial charge in [-0.3, -0.25) is 0 Å². The number of hydrogen-bond acceptors (Lipinski definition) is 5. The van der Waals surface area contributed by atoms with Gasteiger partial charge in [0.25, 0.3) is 0 Å². The molecule has 1 fully saturated rings. The number of hydrogen-bond donors (Lipinski definition) is 3. The Bertz CT molecular complexity index is 821. The summed E-state index contributed by atoms with van der Waals surface area (Å²) in [6, 6.07) is 17.0. The number of piperidine rings is 1. The molecule has 3 N–H and O–H groups in total. The Hall–Kier alpha value is -2.37. The van der Waals surface area contributed by atoms with Crippen LogP contribution in [-0.2, 0) is 13.1 Å². The van der Waals surface area contributed by atoms with E-state index in [1.54, 1.807) is 0 Å². The molecule has 27 heavy (non-hydrogen) atoms. The van der Waals surface area contributed by atoms with Gasteiger partial charge in [0.2, 0.25) is 0 Å². The van der Waals surface area contributed by atoms with Crippen LogP contribution >= 0.6 is 0 Å². The molecule has 0 unspecified atom stereocenters. The average Bonchev–Trinajstić information content (AvgIpc) is 2.67. The van der Waals surface area contributed by atoms with Gasteiger partial charge in [0.15, 0.2) is 0 Å². The fraction of sp³-hybridized carbons (Fsp3) is 0.409. The first-order chi connectivity index (χ1) is 13.2. The molecule has 2 aliphatic rings. The van der Waals surface area contributed by atoms with Gasteiger partial charge in [0.05, 0.1) is 16.9 Å². The van der Waals surface area contributed by atoms with Gasteiger partial charge in [-0.25, -0.2) is 4.99 Å². The zero-order chi connectivity index (χ0) is 18.7. The summed E-state index contributed by atoms with van der Waals surface area (Å²) in [5.41, 5.74) is 4.75. The topological polar surface area (TPSA) is 51.7 Å². The number of aliphatic imine (C=N–C) groups is 1. The summed E-state index contributed by atoms with van der Waals surface area (Å²) in [6.45, 7) is 3.75. The molecule has 0 atom stereocenters. The highest BCUT2D eigenvalue weighted by molar-refractivity contribution is 6.00. The molecule has 5 nitrogen and oxygen atoms in total. The molecule has 2 heterocycles. The number of rotatable bonds is 4. The van der Waals surface area contributed by atoms with Gasteiger partial charge in [-0.05, 0) is 63.3 Å². The van der Waals surface area contributed by atoms with Crippen molar-refractivity contribution in [2.75, 3.05) is 32.5 Å². The van der Waals surface area contributed by atoms with E-state index >= 15 is 0 Å². The standard InChI is InChI=1S/C22H29N5/c1-27(2)16-18-8-4-3-7-17(18)15-24-21-22(11-13-23-14-12-22)26-20-10-6-5-9-19(20)25-21/h3-10,23,26H,11-16H2,1-2H3,(H,24,25). The minimum absolute atomic E-state index is 0.101. The summed E-state index contributed by atoms with van der Waals surface area (Å²) in [7, 11) is 4.22. The molecule has 1 spiro atoms. The molecule has 0 saturated carbocycles. The van der Waals surface area contributed by atoms with Gasteiger partial charge < -0.3 is 20.9 Å². The Kier molecular flexibility index (Phi) is 5.14. The first kappa shape index (κ1) is 18.0. The van der Waals surface area contributed by atoms with Crippen LogP contribution in [0.3, 0.4) is 0 Å². The minimum Gasteiger partial charge on any atom is -0.371 e. The molecule has 1 saturated heterocycles. The highest BCUT2D eigenvalue weighted by atomic mass is 15.2. The van der Waals surface area contributed by atoms with E-state index in [2.05, 4.69) is 83.5 Å². The molecule has 0 aliphatic carbocycles. The molecule has 0 bridgehead atoms. The van der Waals surface area contributed by atoms with Gasteiger partial charge in [-0.15, -0.1) is 0 Å². The highest BCUT2D eigenvalue weighted by Crippen LogP contribution is 2.36. The normalized spacial score (nSPS) is 18.0. The van der Waals surface area contributed by atoms with Crippen LogP contribution in [0, 0.1) is 0 Å². The fourth-order valence-electron chi connectivity index (χ4n) is 4.05. The summed E-state index contributed by atoms with van der Waals surface area (Å²) < 4.78 is 0. The van der Waals surface area contributed by atoms with E-state index in [0.29, 0.717) is 0 Å². The number of nitrogens with zero attached hydrogens (tertiary/aromatic N) is 2. The summed E-state index contributed by atoms with van der Waals surface area (Å²) >= 11 is 0. The average molecular weight is 364 g/mol. The van der Waals surface area contributed by atoms with Gasteiger partial charge >= 0.3 is 0 Å². The molecule has 0 aromatic heterocycles.